The predicted molar refractivity (Wildman–Crippen MR) is 32.2 cm³/mol. The quantitative estimate of drug-likeness (QED) is 0.482. The zero-order chi connectivity index (χ0) is 6.27. The number of hydrogen-bond donors (Lipinski definition) is 2. The summed E-state index contributed by atoms with van der Waals surface area (Å²) in [6, 6.07) is 1.02. The van der Waals surface area contributed by atoms with Gasteiger partial charge in [-0.1, -0.05) is 0 Å². The van der Waals surface area contributed by atoms with Crippen LogP contribution in [0, 0.1) is 0 Å². The third-order valence-electron chi connectivity index (χ3n) is 2.13. The van der Waals surface area contributed by atoms with Gasteiger partial charge in [0.05, 0.1) is 19.3 Å². The molecule has 0 aromatic carbocycles. The van der Waals surface area contributed by atoms with E-state index in [9.17, 15) is 0 Å². The van der Waals surface area contributed by atoms with Crippen molar-refractivity contribution in [1.82, 2.24) is 5.32 Å². The molecule has 2 bridgehead atoms. The molecule has 0 unspecified atom stereocenters. The lowest BCUT2D eigenvalue weighted by Crippen LogP contribution is -2.66. The second-order valence-corrected chi connectivity index (χ2v) is 2.76. The van der Waals surface area contributed by atoms with Crippen LogP contribution in [0.2, 0.25) is 0 Å². The molecule has 0 amide bonds. The van der Waals surface area contributed by atoms with E-state index < -0.39 is 0 Å². The Balaban J connectivity index is 1.94. The fraction of sp³-hybridized carbons (Fsp3) is 1.00. The number of nitrogens with one attached hydrogen (secondary N) is 1. The highest BCUT2D eigenvalue weighted by Gasteiger charge is 2.39. The minimum Gasteiger partial charge on any atom is -0.394 e. The molecule has 0 aliphatic carbocycles. The van der Waals surface area contributed by atoms with Crippen LogP contribution < -0.4 is 5.32 Å². The molecule has 3 nitrogen and oxygen atoms in total. The summed E-state index contributed by atoms with van der Waals surface area (Å²) >= 11 is 0. The summed E-state index contributed by atoms with van der Waals surface area (Å²) < 4.78 is 5.28. The lowest BCUT2D eigenvalue weighted by Gasteiger charge is -2.46. The van der Waals surface area contributed by atoms with E-state index in [1.807, 2.05) is 0 Å². The van der Waals surface area contributed by atoms with Gasteiger partial charge in [-0.3, -0.25) is 0 Å². The van der Waals surface area contributed by atoms with Gasteiger partial charge in [0.1, 0.15) is 0 Å². The summed E-state index contributed by atoms with van der Waals surface area (Å²) in [5.41, 5.74) is 0. The minimum atomic E-state index is 0.0648. The molecule has 3 rings (SSSR count). The van der Waals surface area contributed by atoms with E-state index in [2.05, 4.69) is 5.32 Å². The SMILES string of the molecule is OC[C@H]1OC[C@H]2C[C@@H]1N2. The number of morpholine rings is 1. The molecule has 3 aliphatic heterocycles. The molecule has 3 atom stereocenters. The number of aliphatic hydroxyl groups is 1. The topological polar surface area (TPSA) is 41.5 Å². The Labute approximate surface area is 54.0 Å². The van der Waals surface area contributed by atoms with Crippen LogP contribution in [-0.4, -0.2) is 36.5 Å². The Kier molecular flexibility index (Phi) is 1.22. The number of fused-ring (bicyclic) bond motifs is 2. The molecule has 3 heterocycles. The zero-order valence-corrected chi connectivity index (χ0v) is 5.21. The standard InChI is InChI=1S/C6H11NO2/c8-2-6-5-1-4(7-5)3-9-6/h4-8H,1-3H2/t4-,5+,6-/m1/s1. The van der Waals surface area contributed by atoms with E-state index in [4.69, 9.17) is 9.84 Å². The molecule has 0 aromatic heterocycles. The van der Waals surface area contributed by atoms with E-state index in [-0.39, 0.29) is 12.7 Å². The van der Waals surface area contributed by atoms with Gasteiger partial charge >= 0.3 is 0 Å². The lowest BCUT2D eigenvalue weighted by molar-refractivity contribution is -0.102. The molecule has 3 saturated heterocycles. The molecule has 9 heavy (non-hydrogen) atoms. The van der Waals surface area contributed by atoms with E-state index in [1.54, 1.807) is 0 Å². The third kappa shape index (κ3) is 0.764. The number of ether oxygens (including phenoxy) is 1. The second kappa shape index (κ2) is 1.94. The highest BCUT2D eigenvalue weighted by atomic mass is 16.5. The fourth-order valence-electron chi connectivity index (χ4n) is 1.50. The van der Waals surface area contributed by atoms with Gasteiger partial charge in [-0.25, -0.2) is 0 Å². The van der Waals surface area contributed by atoms with E-state index >= 15 is 0 Å². The second-order valence-electron chi connectivity index (χ2n) is 2.76. The van der Waals surface area contributed by atoms with Gasteiger partial charge in [-0.2, -0.15) is 0 Å². The Hall–Kier alpha value is -0.120. The Bertz CT molecular complexity index is 109. The van der Waals surface area contributed by atoms with E-state index in [0.29, 0.717) is 12.1 Å². The molecule has 2 N–H and O–H groups in total. The van der Waals surface area contributed by atoms with Crippen LogP contribution in [0.5, 0.6) is 0 Å². The van der Waals surface area contributed by atoms with Crippen molar-refractivity contribution in [2.75, 3.05) is 13.2 Å². The maximum absolute atomic E-state index is 8.72. The Morgan fingerprint density at radius 1 is 1.67 bits per heavy atom. The molecular weight excluding hydrogens is 118 g/mol. The van der Waals surface area contributed by atoms with Crippen molar-refractivity contribution in [1.29, 1.82) is 0 Å². The molecule has 0 radical (unpaired) electrons. The third-order valence-corrected chi connectivity index (χ3v) is 2.13. The van der Waals surface area contributed by atoms with Gasteiger partial charge in [0.25, 0.3) is 0 Å². The van der Waals surface area contributed by atoms with Gasteiger partial charge in [0.15, 0.2) is 0 Å². The molecule has 3 aliphatic rings. The molecule has 0 spiro atoms. The molecule has 0 saturated carbocycles. The minimum absolute atomic E-state index is 0.0648. The van der Waals surface area contributed by atoms with Crippen molar-refractivity contribution < 1.29 is 9.84 Å². The van der Waals surface area contributed by atoms with Crippen LogP contribution in [-0.2, 0) is 4.74 Å². The number of rotatable bonds is 1. The Morgan fingerprint density at radius 3 is 2.78 bits per heavy atom. The molecule has 0 aromatic rings. The predicted octanol–water partition coefficient (Wildman–Crippen LogP) is -0.892. The van der Waals surface area contributed by atoms with Crippen molar-refractivity contribution in [2.24, 2.45) is 0 Å². The van der Waals surface area contributed by atoms with E-state index in [1.165, 1.54) is 6.42 Å². The van der Waals surface area contributed by atoms with Gasteiger partial charge < -0.3 is 15.2 Å². The maximum Gasteiger partial charge on any atom is 0.0959 e. The monoisotopic (exact) mass is 129 g/mol. The highest BCUT2D eigenvalue weighted by molar-refractivity contribution is 4.97. The average molecular weight is 129 g/mol. The first kappa shape index (κ1) is 5.65. The summed E-state index contributed by atoms with van der Waals surface area (Å²) in [4.78, 5) is 0. The van der Waals surface area contributed by atoms with Crippen molar-refractivity contribution >= 4 is 0 Å². The fourth-order valence-corrected chi connectivity index (χ4v) is 1.50. The van der Waals surface area contributed by atoms with Crippen LogP contribution in [0.1, 0.15) is 6.42 Å². The first-order chi connectivity index (χ1) is 4.40. The van der Waals surface area contributed by atoms with Gasteiger partial charge in [-0.15, -0.1) is 0 Å². The maximum atomic E-state index is 8.72. The van der Waals surface area contributed by atoms with Crippen LogP contribution >= 0.6 is 0 Å². The highest BCUT2D eigenvalue weighted by Crippen LogP contribution is 2.23. The van der Waals surface area contributed by atoms with Crippen molar-refractivity contribution in [2.45, 2.75) is 24.6 Å². The summed E-state index contributed by atoms with van der Waals surface area (Å²) in [5, 5.41) is 12.0. The van der Waals surface area contributed by atoms with Crippen LogP contribution in [0.15, 0.2) is 0 Å². The van der Waals surface area contributed by atoms with Crippen LogP contribution in [0.3, 0.4) is 0 Å². The van der Waals surface area contributed by atoms with Crippen molar-refractivity contribution in [3.8, 4) is 0 Å². The first-order valence-electron chi connectivity index (χ1n) is 3.38. The van der Waals surface area contributed by atoms with E-state index in [0.717, 1.165) is 6.61 Å². The van der Waals surface area contributed by atoms with Gasteiger partial charge in [0.2, 0.25) is 0 Å². The normalized spacial score (nSPS) is 48.3. The smallest absolute Gasteiger partial charge is 0.0959 e. The number of aliphatic hydroxyl groups excluding tert-OH is 1. The molecule has 52 valence electrons. The summed E-state index contributed by atoms with van der Waals surface area (Å²) in [6.45, 7) is 0.937. The lowest BCUT2D eigenvalue weighted by atomic mass is 9.90. The Morgan fingerprint density at radius 2 is 2.44 bits per heavy atom. The molecule has 3 heteroatoms. The van der Waals surface area contributed by atoms with Crippen LogP contribution in [0.25, 0.3) is 0 Å². The van der Waals surface area contributed by atoms with Gasteiger partial charge in [0, 0.05) is 12.1 Å². The van der Waals surface area contributed by atoms with Crippen LogP contribution in [0.4, 0.5) is 0 Å². The summed E-state index contributed by atoms with van der Waals surface area (Å²) in [7, 11) is 0. The van der Waals surface area contributed by atoms with Crippen molar-refractivity contribution in [3.05, 3.63) is 0 Å². The molecule has 3 fully saturated rings. The van der Waals surface area contributed by atoms with Gasteiger partial charge in [-0.05, 0) is 6.42 Å². The largest absolute Gasteiger partial charge is 0.394 e. The molecular formula is C6H11NO2. The summed E-state index contributed by atoms with van der Waals surface area (Å²) in [6.07, 6.45) is 1.25. The average Bonchev–Trinajstić information content (AvgIpc) is 1.86. The zero-order valence-electron chi connectivity index (χ0n) is 5.21. The first-order valence-corrected chi connectivity index (χ1v) is 3.38. The van der Waals surface area contributed by atoms with Crippen molar-refractivity contribution in [3.63, 3.8) is 0 Å². The number of hydrogen-bond acceptors (Lipinski definition) is 3. The summed E-state index contributed by atoms with van der Waals surface area (Å²) in [5.74, 6) is 0.